The monoisotopic (exact) mass is 386 g/mol. The Morgan fingerprint density at radius 2 is 1.64 bits per heavy atom. The van der Waals surface area contributed by atoms with Crippen LogP contribution < -0.4 is 0 Å². The van der Waals surface area contributed by atoms with Crippen molar-refractivity contribution >= 4 is 56.6 Å². The van der Waals surface area contributed by atoms with E-state index >= 15 is 0 Å². The molecule has 0 bridgehead atoms. The van der Waals surface area contributed by atoms with E-state index in [1.54, 1.807) is 0 Å². The van der Waals surface area contributed by atoms with Crippen LogP contribution in [0.5, 0.6) is 0 Å². The summed E-state index contributed by atoms with van der Waals surface area (Å²) in [6.07, 6.45) is 0.638. The molecule has 0 fully saturated rings. The Morgan fingerprint density at radius 1 is 0.840 bits per heavy atom. The van der Waals surface area contributed by atoms with Crippen LogP contribution in [-0.2, 0) is 6.42 Å². The Balaban J connectivity index is 1.91. The summed E-state index contributed by atoms with van der Waals surface area (Å²) < 4.78 is 0. The predicted molar refractivity (Wildman–Crippen MR) is 106 cm³/mol. The molecule has 0 aliphatic heterocycles. The van der Waals surface area contributed by atoms with Crippen LogP contribution in [0.3, 0.4) is 0 Å². The summed E-state index contributed by atoms with van der Waals surface area (Å²) in [6, 6.07) is 15.5. The van der Waals surface area contributed by atoms with Gasteiger partial charge in [-0.15, -0.1) is 0 Å². The van der Waals surface area contributed by atoms with Crippen LogP contribution in [0, 0.1) is 6.92 Å². The van der Waals surface area contributed by atoms with Gasteiger partial charge in [-0.2, -0.15) is 0 Å². The van der Waals surface area contributed by atoms with Crippen LogP contribution >= 0.6 is 34.8 Å². The predicted octanol–water partition coefficient (Wildman–Crippen LogP) is 6.64. The first-order valence-corrected chi connectivity index (χ1v) is 8.95. The van der Waals surface area contributed by atoms with Crippen molar-refractivity contribution < 1.29 is 0 Å². The molecule has 0 radical (unpaired) electrons. The van der Waals surface area contributed by atoms with Crippen molar-refractivity contribution in [1.82, 2.24) is 9.97 Å². The minimum Gasteiger partial charge on any atom is -0.236 e. The van der Waals surface area contributed by atoms with E-state index in [0.29, 0.717) is 21.7 Å². The lowest BCUT2D eigenvalue weighted by Crippen LogP contribution is -1.99. The fraction of sp³-hybridized carbons (Fsp3) is 0.100. The number of hydrogen-bond donors (Lipinski definition) is 0. The molecule has 0 N–H and O–H groups in total. The molecule has 0 atom stereocenters. The lowest BCUT2D eigenvalue weighted by atomic mass is 9.97. The molecule has 124 valence electrons. The molecule has 4 aromatic rings. The number of hydrogen-bond acceptors (Lipinski definition) is 2. The van der Waals surface area contributed by atoms with E-state index < -0.39 is 0 Å². The summed E-state index contributed by atoms with van der Waals surface area (Å²) in [5.74, 6) is 0. The maximum atomic E-state index is 6.50. The molecule has 0 aliphatic carbocycles. The standard InChI is InChI=1S/C20H13Cl3N2/c1-11-14-7-6-13(21)10-18(14)25-20(23)16(11)8-12-9-19(22)24-17-5-3-2-4-15(12)17/h2-7,9-10H,8H2,1H3. The van der Waals surface area contributed by atoms with Gasteiger partial charge in [0.1, 0.15) is 10.3 Å². The minimum atomic E-state index is 0.475. The molecule has 0 unspecified atom stereocenters. The van der Waals surface area contributed by atoms with Gasteiger partial charge in [0.15, 0.2) is 0 Å². The van der Waals surface area contributed by atoms with Crippen LogP contribution in [0.2, 0.25) is 15.3 Å². The van der Waals surface area contributed by atoms with Crippen molar-refractivity contribution in [2.75, 3.05) is 0 Å². The highest BCUT2D eigenvalue weighted by atomic mass is 35.5. The second kappa shape index (κ2) is 6.45. The number of halogens is 3. The number of aryl methyl sites for hydroxylation is 1. The topological polar surface area (TPSA) is 25.8 Å². The summed E-state index contributed by atoms with van der Waals surface area (Å²) in [6.45, 7) is 2.06. The molecule has 25 heavy (non-hydrogen) atoms. The average molecular weight is 388 g/mol. The van der Waals surface area contributed by atoms with Crippen LogP contribution in [0.25, 0.3) is 21.8 Å². The fourth-order valence-corrected chi connectivity index (χ4v) is 3.85. The second-order valence-corrected chi connectivity index (χ2v) is 7.15. The van der Waals surface area contributed by atoms with Gasteiger partial charge in [0.25, 0.3) is 0 Å². The van der Waals surface area contributed by atoms with Crippen LogP contribution in [0.4, 0.5) is 0 Å². The normalized spacial score (nSPS) is 11.4. The molecule has 0 saturated heterocycles. The van der Waals surface area contributed by atoms with Crippen molar-refractivity contribution in [2.24, 2.45) is 0 Å². The average Bonchev–Trinajstić information content (AvgIpc) is 2.58. The van der Waals surface area contributed by atoms with Crippen LogP contribution in [0.1, 0.15) is 16.7 Å². The first-order valence-electron chi connectivity index (χ1n) is 7.81. The van der Waals surface area contributed by atoms with Gasteiger partial charge in [0, 0.05) is 22.2 Å². The van der Waals surface area contributed by atoms with Gasteiger partial charge < -0.3 is 0 Å². The molecule has 2 heterocycles. The van der Waals surface area contributed by atoms with E-state index in [-0.39, 0.29) is 0 Å². The Hall–Kier alpha value is -1.87. The molecule has 2 aromatic carbocycles. The largest absolute Gasteiger partial charge is 0.236 e. The quantitative estimate of drug-likeness (QED) is 0.360. The van der Waals surface area contributed by atoms with Gasteiger partial charge in [-0.1, -0.05) is 59.1 Å². The maximum absolute atomic E-state index is 6.50. The Labute approximate surface area is 160 Å². The van der Waals surface area contributed by atoms with Crippen molar-refractivity contribution in [1.29, 1.82) is 0 Å². The molecule has 0 spiro atoms. The van der Waals surface area contributed by atoms with Gasteiger partial charge in [0.2, 0.25) is 0 Å². The molecule has 5 heteroatoms. The third-order valence-electron chi connectivity index (χ3n) is 4.42. The van der Waals surface area contributed by atoms with Crippen molar-refractivity contribution in [3.63, 3.8) is 0 Å². The molecule has 4 rings (SSSR count). The zero-order valence-electron chi connectivity index (χ0n) is 13.4. The van der Waals surface area contributed by atoms with E-state index in [9.17, 15) is 0 Å². The number of para-hydroxylation sites is 1. The molecular weight excluding hydrogens is 375 g/mol. The van der Waals surface area contributed by atoms with Gasteiger partial charge in [0.05, 0.1) is 11.0 Å². The fourth-order valence-electron chi connectivity index (χ4n) is 3.16. The van der Waals surface area contributed by atoms with Gasteiger partial charge >= 0.3 is 0 Å². The first-order chi connectivity index (χ1) is 12.0. The van der Waals surface area contributed by atoms with E-state index in [1.807, 2.05) is 48.5 Å². The zero-order chi connectivity index (χ0) is 17.6. The maximum Gasteiger partial charge on any atom is 0.133 e. The molecule has 0 amide bonds. The van der Waals surface area contributed by atoms with Crippen LogP contribution in [0.15, 0.2) is 48.5 Å². The summed E-state index contributed by atoms with van der Waals surface area (Å²) in [5.41, 5.74) is 4.85. The minimum absolute atomic E-state index is 0.475. The van der Waals surface area contributed by atoms with Gasteiger partial charge in [-0.05, 0) is 47.9 Å². The second-order valence-electron chi connectivity index (χ2n) is 5.97. The molecular formula is C20H13Cl3N2. The number of nitrogens with zero attached hydrogens (tertiary/aromatic N) is 2. The van der Waals surface area contributed by atoms with Gasteiger partial charge in [-0.25, -0.2) is 9.97 Å². The highest BCUT2D eigenvalue weighted by Gasteiger charge is 2.14. The first kappa shape index (κ1) is 16.6. The Morgan fingerprint density at radius 3 is 2.48 bits per heavy atom. The Kier molecular flexibility index (Phi) is 4.28. The van der Waals surface area contributed by atoms with Gasteiger partial charge in [-0.3, -0.25) is 0 Å². The third kappa shape index (κ3) is 3.06. The number of rotatable bonds is 2. The van der Waals surface area contributed by atoms with Crippen molar-refractivity contribution in [3.05, 3.63) is 80.6 Å². The summed E-state index contributed by atoms with van der Waals surface area (Å²) in [4.78, 5) is 8.91. The van der Waals surface area contributed by atoms with E-state index in [0.717, 1.165) is 38.5 Å². The highest BCUT2D eigenvalue weighted by molar-refractivity contribution is 6.32. The number of aromatic nitrogens is 2. The van der Waals surface area contributed by atoms with Crippen molar-refractivity contribution in [2.45, 2.75) is 13.3 Å². The summed E-state index contributed by atoms with van der Waals surface area (Å²) in [5, 5.41) is 3.73. The lowest BCUT2D eigenvalue weighted by molar-refractivity contribution is 1.14. The molecule has 2 aromatic heterocycles. The van der Waals surface area contributed by atoms with Crippen LogP contribution in [-0.4, -0.2) is 9.97 Å². The van der Waals surface area contributed by atoms with Crippen molar-refractivity contribution in [3.8, 4) is 0 Å². The number of benzene rings is 2. The number of fused-ring (bicyclic) bond motifs is 2. The Bertz CT molecular complexity index is 1120. The SMILES string of the molecule is Cc1c(Cc2cc(Cl)nc3ccccc23)c(Cl)nc2cc(Cl)ccc12. The smallest absolute Gasteiger partial charge is 0.133 e. The molecule has 0 saturated carbocycles. The summed E-state index contributed by atoms with van der Waals surface area (Å²) >= 11 is 18.8. The van der Waals surface area contributed by atoms with E-state index in [1.165, 1.54) is 0 Å². The van der Waals surface area contributed by atoms with E-state index in [4.69, 9.17) is 34.8 Å². The molecule has 0 aliphatic rings. The third-order valence-corrected chi connectivity index (χ3v) is 5.16. The summed E-state index contributed by atoms with van der Waals surface area (Å²) in [7, 11) is 0. The highest BCUT2D eigenvalue weighted by Crippen LogP contribution is 2.31. The van der Waals surface area contributed by atoms with E-state index in [2.05, 4.69) is 16.9 Å². The lowest BCUT2D eigenvalue weighted by Gasteiger charge is -2.13. The number of pyridine rings is 2. The molecule has 2 nitrogen and oxygen atoms in total. The zero-order valence-corrected chi connectivity index (χ0v) is 15.6.